The zero-order valence-corrected chi connectivity index (χ0v) is 20.5. The molecule has 3 atom stereocenters. The lowest BCUT2D eigenvalue weighted by atomic mass is 9.87. The van der Waals surface area contributed by atoms with E-state index in [1.165, 1.54) is 42.1 Å². The molecule has 0 radical (unpaired) electrons. The van der Waals surface area contributed by atoms with Crippen LogP contribution in [0.4, 0.5) is 11.4 Å². The quantitative estimate of drug-likeness (QED) is 0.225. The fourth-order valence-corrected chi connectivity index (χ4v) is 5.41. The number of aliphatic hydroxyl groups is 1. The summed E-state index contributed by atoms with van der Waals surface area (Å²) >= 11 is 1.28. The van der Waals surface area contributed by atoms with Crippen molar-refractivity contribution >= 4 is 29.1 Å². The van der Waals surface area contributed by atoms with Gasteiger partial charge in [-0.25, -0.2) is 4.79 Å². The number of nitrogens with one attached hydrogen (secondary N) is 1. The molecule has 0 aromatic heterocycles. The van der Waals surface area contributed by atoms with Gasteiger partial charge in [-0.1, -0.05) is 42.5 Å². The monoisotopic (exact) mass is 521 g/mol. The Morgan fingerprint density at radius 3 is 2.14 bits per heavy atom. The number of nitrogens with zero attached hydrogens (tertiary/aromatic N) is 2. The molecule has 0 bridgehead atoms. The fourth-order valence-electron chi connectivity index (χ4n) is 4.19. The lowest BCUT2D eigenvalue weighted by Crippen LogP contribution is -2.43. The van der Waals surface area contributed by atoms with Crippen molar-refractivity contribution < 1.29 is 24.5 Å². The van der Waals surface area contributed by atoms with E-state index >= 15 is 0 Å². The van der Waals surface area contributed by atoms with Gasteiger partial charge in [0.2, 0.25) is 0 Å². The summed E-state index contributed by atoms with van der Waals surface area (Å²) in [5, 5.41) is 37.0. The van der Waals surface area contributed by atoms with Crippen molar-refractivity contribution in [3.8, 4) is 0 Å². The molecule has 0 amide bonds. The van der Waals surface area contributed by atoms with Crippen LogP contribution in [0.2, 0.25) is 0 Å². The first-order chi connectivity index (χ1) is 17.8. The number of rotatable bonds is 8. The Morgan fingerprint density at radius 2 is 1.54 bits per heavy atom. The molecule has 3 aromatic rings. The summed E-state index contributed by atoms with van der Waals surface area (Å²) in [6, 6.07) is 19.3. The highest BCUT2D eigenvalue weighted by Crippen LogP contribution is 2.45. The number of carbonyl (C=O) groups excluding carboxylic acids is 1. The molecular weight excluding hydrogens is 498 g/mol. The van der Waals surface area contributed by atoms with E-state index in [-0.39, 0.29) is 29.3 Å². The number of benzene rings is 3. The first kappa shape index (κ1) is 25.9. The fraction of sp³-hybridized carbons (Fsp3) is 0.192. The maximum Gasteiger partial charge on any atom is 0.339 e. The molecule has 37 heavy (non-hydrogen) atoms. The second kappa shape index (κ2) is 11.2. The summed E-state index contributed by atoms with van der Waals surface area (Å²) in [6.45, 7) is 1.69. The predicted molar refractivity (Wildman–Crippen MR) is 137 cm³/mol. The van der Waals surface area contributed by atoms with Crippen molar-refractivity contribution in [2.75, 3.05) is 6.61 Å². The van der Waals surface area contributed by atoms with E-state index < -0.39 is 33.1 Å². The van der Waals surface area contributed by atoms with E-state index in [4.69, 9.17) is 4.74 Å². The minimum atomic E-state index is -0.976. The molecule has 0 spiro atoms. The van der Waals surface area contributed by atoms with Gasteiger partial charge in [0.05, 0.1) is 39.4 Å². The summed E-state index contributed by atoms with van der Waals surface area (Å²) in [6.07, 6.45) is 0. The maximum atomic E-state index is 13.1. The normalized spacial score (nSPS) is 19.3. The Kier molecular flexibility index (Phi) is 7.85. The Balaban J connectivity index is 1.90. The van der Waals surface area contributed by atoms with Gasteiger partial charge in [-0.05, 0) is 30.2 Å². The largest absolute Gasteiger partial charge is 0.510 e. The third-order valence-corrected chi connectivity index (χ3v) is 7.13. The lowest BCUT2D eigenvalue weighted by molar-refractivity contribution is -0.385. The Labute approximate surface area is 216 Å². The van der Waals surface area contributed by atoms with E-state index in [0.717, 1.165) is 4.90 Å². The van der Waals surface area contributed by atoms with Crippen LogP contribution in [0.25, 0.3) is 0 Å². The number of nitro groups is 2. The minimum Gasteiger partial charge on any atom is -0.510 e. The molecule has 1 heterocycles. The van der Waals surface area contributed by atoms with Gasteiger partial charge in [-0.2, -0.15) is 0 Å². The number of aliphatic hydroxyl groups excluding tert-OH is 1. The van der Waals surface area contributed by atoms with Gasteiger partial charge in [0.15, 0.2) is 0 Å². The molecule has 0 aliphatic carbocycles. The van der Waals surface area contributed by atoms with Crippen molar-refractivity contribution in [3.63, 3.8) is 0 Å². The summed E-state index contributed by atoms with van der Waals surface area (Å²) in [5.74, 6) is -1.03. The second-order valence-electron chi connectivity index (χ2n) is 8.15. The van der Waals surface area contributed by atoms with Gasteiger partial charge in [0.1, 0.15) is 5.76 Å². The molecule has 0 unspecified atom stereocenters. The molecule has 0 saturated carbocycles. The van der Waals surface area contributed by atoms with Gasteiger partial charge in [0, 0.05) is 29.2 Å². The van der Waals surface area contributed by atoms with Crippen LogP contribution in [0.1, 0.15) is 30.1 Å². The van der Waals surface area contributed by atoms with Crippen LogP contribution in [-0.2, 0) is 9.53 Å². The standard InChI is InChI=1S/C26H23N3O7S/c1-2-36-26(31)21-22(16-8-6-10-18(14-16)28(32)33)27-23(17-9-7-11-19(15-17)29(34)35)25(24(21)30)37-20-12-4-3-5-13-20/h3-15,22-23,25,27,30H,2H2,1H3/t22-,23-,25-/m0/s1. The average molecular weight is 522 g/mol. The van der Waals surface area contributed by atoms with E-state index in [0.29, 0.717) is 11.1 Å². The number of hydrogen-bond donors (Lipinski definition) is 2. The molecular formula is C26H23N3O7S. The van der Waals surface area contributed by atoms with Crippen LogP contribution in [0.3, 0.4) is 0 Å². The maximum absolute atomic E-state index is 13.1. The van der Waals surface area contributed by atoms with Gasteiger partial charge >= 0.3 is 5.97 Å². The highest BCUT2D eigenvalue weighted by Gasteiger charge is 2.42. The first-order valence-corrected chi connectivity index (χ1v) is 12.2. The topological polar surface area (TPSA) is 145 Å². The summed E-state index contributed by atoms with van der Waals surface area (Å²) in [7, 11) is 0. The SMILES string of the molecule is CCOC(=O)C1=C(O)[C@@H](Sc2ccccc2)[C@H](c2cccc([N+](=O)[O-])c2)N[C@H]1c1cccc([N+](=O)[O-])c1. The third-order valence-electron chi connectivity index (χ3n) is 5.84. The van der Waals surface area contributed by atoms with Crippen molar-refractivity contribution in [2.24, 2.45) is 0 Å². The number of non-ortho nitro benzene ring substituents is 2. The molecule has 190 valence electrons. The van der Waals surface area contributed by atoms with Gasteiger partial charge in [-0.15, -0.1) is 11.8 Å². The Bertz CT molecular complexity index is 1360. The van der Waals surface area contributed by atoms with Crippen LogP contribution in [-0.4, -0.2) is 32.8 Å². The van der Waals surface area contributed by atoms with E-state index in [1.54, 1.807) is 25.1 Å². The molecule has 10 nitrogen and oxygen atoms in total. The van der Waals surface area contributed by atoms with E-state index in [2.05, 4.69) is 5.32 Å². The summed E-state index contributed by atoms with van der Waals surface area (Å²) < 4.78 is 5.24. The first-order valence-electron chi connectivity index (χ1n) is 11.4. The van der Waals surface area contributed by atoms with Crippen molar-refractivity contribution in [1.82, 2.24) is 5.32 Å². The van der Waals surface area contributed by atoms with Crippen LogP contribution in [0, 0.1) is 20.2 Å². The second-order valence-corrected chi connectivity index (χ2v) is 9.37. The highest BCUT2D eigenvalue weighted by molar-refractivity contribution is 8.00. The number of ether oxygens (including phenoxy) is 1. The number of esters is 1. The van der Waals surface area contributed by atoms with E-state index in [9.17, 15) is 30.1 Å². The van der Waals surface area contributed by atoms with E-state index in [1.807, 2.05) is 30.3 Å². The highest BCUT2D eigenvalue weighted by atomic mass is 32.2. The smallest absolute Gasteiger partial charge is 0.339 e. The molecule has 11 heteroatoms. The third kappa shape index (κ3) is 5.63. The summed E-state index contributed by atoms with van der Waals surface area (Å²) in [4.78, 5) is 35.7. The zero-order chi connectivity index (χ0) is 26.5. The Morgan fingerprint density at radius 1 is 0.946 bits per heavy atom. The number of nitro benzene ring substituents is 2. The molecule has 1 aliphatic rings. The van der Waals surface area contributed by atoms with Crippen LogP contribution in [0.5, 0.6) is 0 Å². The lowest BCUT2D eigenvalue weighted by Gasteiger charge is -2.38. The molecule has 4 rings (SSSR count). The van der Waals surface area contributed by atoms with Gasteiger partial charge in [-0.3, -0.25) is 25.5 Å². The number of hydrogen-bond acceptors (Lipinski definition) is 9. The minimum absolute atomic E-state index is 0.0576. The number of thioether (sulfide) groups is 1. The molecule has 0 fully saturated rings. The molecule has 3 aromatic carbocycles. The van der Waals surface area contributed by atoms with Crippen molar-refractivity contribution in [1.29, 1.82) is 0 Å². The van der Waals surface area contributed by atoms with Crippen molar-refractivity contribution in [3.05, 3.63) is 122 Å². The molecule has 2 N–H and O–H groups in total. The predicted octanol–water partition coefficient (Wildman–Crippen LogP) is 5.42. The molecule has 0 saturated heterocycles. The van der Waals surface area contributed by atoms with Gasteiger partial charge < -0.3 is 9.84 Å². The Hall–Kier alpha value is -4.22. The van der Waals surface area contributed by atoms with Crippen LogP contribution < -0.4 is 5.32 Å². The summed E-state index contributed by atoms with van der Waals surface area (Å²) in [5.41, 5.74) is 0.483. The molecule has 1 aliphatic heterocycles. The number of carbonyl (C=O) groups is 1. The van der Waals surface area contributed by atoms with Crippen LogP contribution in [0.15, 0.2) is 95.1 Å². The average Bonchev–Trinajstić information content (AvgIpc) is 2.90. The zero-order valence-electron chi connectivity index (χ0n) is 19.6. The van der Waals surface area contributed by atoms with Crippen molar-refractivity contribution in [2.45, 2.75) is 29.2 Å². The van der Waals surface area contributed by atoms with Gasteiger partial charge in [0.25, 0.3) is 11.4 Å². The van der Waals surface area contributed by atoms with Crippen LogP contribution >= 0.6 is 11.8 Å².